The van der Waals surface area contributed by atoms with Crippen LogP contribution in [-0.4, -0.2) is 20.6 Å². The molecule has 0 aliphatic rings. The van der Waals surface area contributed by atoms with Crippen LogP contribution < -0.4 is 5.32 Å². The van der Waals surface area contributed by atoms with Crippen molar-refractivity contribution >= 4 is 23.1 Å². The van der Waals surface area contributed by atoms with Gasteiger partial charge in [-0.2, -0.15) is 14.9 Å². The number of halogens is 4. The first-order chi connectivity index (χ1) is 11.8. The molecule has 0 spiro atoms. The van der Waals surface area contributed by atoms with E-state index in [1.807, 2.05) is 6.07 Å². The third-order valence-corrected chi connectivity index (χ3v) is 3.68. The number of hydrogen-bond donors (Lipinski definition) is 1. The van der Waals surface area contributed by atoms with Crippen molar-refractivity contribution in [3.05, 3.63) is 46.5 Å². The van der Waals surface area contributed by atoms with Crippen molar-refractivity contribution in [2.45, 2.75) is 19.9 Å². The predicted octanol–water partition coefficient (Wildman–Crippen LogP) is 4.16. The minimum atomic E-state index is -1.12. The lowest BCUT2D eigenvalue weighted by Crippen LogP contribution is -2.16. The van der Waals surface area contributed by atoms with Crippen molar-refractivity contribution in [3.8, 4) is 17.2 Å². The first kappa shape index (κ1) is 17.0. The first-order valence-corrected chi connectivity index (χ1v) is 7.60. The minimum Gasteiger partial charge on any atom is -0.367 e. The second-order valence-corrected chi connectivity index (χ2v) is 5.93. The number of fused-ring (bicyclic) bond motifs is 1. The summed E-state index contributed by atoms with van der Waals surface area (Å²) in [6.45, 7) is 3.60. The highest BCUT2D eigenvalue weighted by Crippen LogP contribution is 2.38. The van der Waals surface area contributed by atoms with E-state index in [0.29, 0.717) is 12.1 Å². The van der Waals surface area contributed by atoms with Crippen molar-refractivity contribution in [2.24, 2.45) is 0 Å². The van der Waals surface area contributed by atoms with Crippen molar-refractivity contribution in [1.29, 1.82) is 5.26 Å². The molecule has 2 heterocycles. The maximum Gasteiger partial charge on any atom is 0.176 e. The SMILES string of the molecule is CC(C)Nc1c(-c2c(F)cc(F)cc2F)c(Cl)nc2c(C#N)cnn12. The van der Waals surface area contributed by atoms with Gasteiger partial charge in [0.15, 0.2) is 5.65 Å². The van der Waals surface area contributed by atoms with Crippen molar-refractivity contribution in [1.82, 2.24) is 14.6 Å². The molecule has 0 amide bonds. The molecule has 2 aromatic heterocycles. The summed E-state index contributed by atoms with van der Waals surface area (Å²) in [6.07, 6.45) is 1.27. The molecule has 0 atom stereocenters. The Balaban J connectivity index is 2.43. The molecule has 1 aromatic carbocycles. The van der Waals surface area contributed by atoms with Crippen LogP contribution in [-0.2, 0) is 0 Å². The number of nitrogens with zero attached hydrogens (tertiary/aromatic N) is 4. The molecule has 9 heteroatoms. The topological polar surface area (TPSA) is 66.0 Å². The van der Waals surface area contributed by atoms with E-state index in [2.05, 4.69) is 15.4 Å². The van der Waals surface area contributed by atoms with E-state index >= 15 is 0 Å². The second-order valence-electron chi connectivity index (χ2n) is 5.58. The van der Waals surface area contributed by atoms with E-state index in [-0.39, 0.29) is 33.8 Å². The highest BCUT2D eigenvalue weighted by Gasteiger charge is 2.25. The largest absolute Gasteiger partial charge is 0.367 e. The molecule has 0 bridgehead atoms. The van der Waals surface area contributed by atoms with Crippen LogP contribution in [0.3, 0.4) is 0 Å². The summed E-state index contributed by atoms with van der Waals surface area (Å²) in [5, 5.41) is 15.9. The Bertz CT molecular complexity index is 1000. The fourth-order valence-corrected chi connectivity index (χ4v) is 2.72. The zero-order valence-corrected chi connectivity index (χ0v) is 13.9. The molecule has 1 N–H and O–H groups in total. The van der Waals surface area contributed by atoms with Gasteiger partial charge in [0.05, 0.1) is 17.3 Å². The Morgan fingerprint density at radius 2 is 1.84 bits per heavy atom. The molecule has 5 nitrogen and oxygen atoms in total. The second kappa shape index (κ2) is 6.26. The lowest BCUT2D eigenvalue weighted by Gasteiger charge is -2.18. The highest BCUT2D eigenvalue weighted by molar-refractivity contribution is 6.33. The Kier molecular flexibility index (Phi) is 4.27. The molecular weight excluding hydrogens is 355 g/mol. The summed E-state index contributed by atoms with van der Waals surface area (Å²) in [7, 11) is 0. The molecule has 0 aliphatic heterocycles. The summed E-state index contributed by atoms with van der Waals surface area (Å²) >= 11 is 6.17. The first-order valence-electron chi connectivity index (χ1n) is 7.22. The van der Waals surface area contributed by atoms with Gasteiger partial charge in [-0.15, -0.1) is 0 Å². The number of aromatic nitrogens is 3. The third kappa shape index (κ3) is 2.87. The number of nitriles is 1. The molecule has 0 saturated heterocycles. The fraction of sp³-hybridized carbons (Fsp3) is 0.188. The van der Waals surface area contributed by atoms with Crippen LogP contribution in [0.15, 0.2) is 18.3 Å². The minimum absolute atomic E-state index is 0.106. The highest BCUT2D eigenvalue weighted by atomic mass is 35.5. The number of rotatable bonds is 3. The molecule has 3 rings (SSSR count). The molecule has 3 aromatic rings. The summed E-state index contributed by atoms with van der Waals surface area (Å²) < 4.78 is 43.1. The van der Waals surface area contributed by atoms with Gasteiger partial charge in [-0.1, -0.05) is 11.6 Å². The fourth-order valence-electron chi connectivity index (χ4n) is 2.45. The smallest absolute Gasteiger partial charge is 0.176 e. The van der Waals surface area contributed by atoms with Gasteiger partial charge in [-0.05, 0) is 13.8 Å². The average Bonchev–Trinajstić information content (AvgIpc) is 2.91. The van der Waals surface area contributed by atoms with Crippen molar-refractivity contribution in [2.75, 3.05) is 5.32 Å². The Hall–Kier alpha value is -2.79. The van der Waals surface area contributed by atoms with Crippen molar-refractivity contribution < 1.29 is 13.2 Å². The van der Waals surface area contributed by atoms with E-state index in [9.17, 15) is 13.2 Å². The summed E-state index contributed by atoms with van der Waals surface area (Å²) in [5.41, 5.74) is -0.342. The lowest BCUT2D eigenvalue weighted by molar-refractivity contribution is 0.548. The van der Waals surface area contributed by atoms with Crippen LogP contribution in [0.25, 0.3) is 16.8 Å². The van der Waals surface area contributed by atoms with Gasteiger partial charge in [0.1, 0.15) is 40.1 Å². The standard InChI is InChI=1S/C16H11ClF3N5/c1-7(2)23-16-13(12-10(19)3-9(18)4-11(12)20)14(17)24-15-8(5-21)6-22-25(15)16/h3-4,6-7,23H,1-2H3. The maximum absolute atomic E-state index is 14.3. The molecule has 128 valence electrons. The van der Waals surface area contributed by atoms with Gasteiger partial charge >= 0.3 is 0 Å². The average molecular weight is 366 g/mol. The Labute approximate surface area is 145 Å². The number of hydrogen-bond acceptors (Lipinski definition) is 4. The number of anilines is 1. The maximum atomic E-state index is 14.3. The zero-order valence-electron chi connectivity index (χ0n) is 13.1. The van der Waals surface area contributed by atoms with Crippen LogP contribution in [0.2, 0.25) is 5.15 Å². The molecule has 0 saturated carbocycles. The van der Waals surface area contributed by atoms with Crippen LogP contribution in [0.1, 0.15) is 19.4 Å². The van der Waals surface area contributed by atoms with E-state index in [1.54, 1.807) is 13.8 Å². The lowest BCUT2D eigenvalue weighted by atomic mass is 10.1. The summed E-state index contributed by atoms with van der Waals surface area (Å²) in [4.78, 5) is 4.03. The molecule has 0 unspecified atom stereocenters. The summed E-state index contributed by atoms with van der Waals surface area (Å²) in [6, 6.07) is 2.88. The molecule has 25 heavy (non-hydrogen) atoms. The van der Waals surface area contributed by atoms with Crippen LogP contribution >= 0.6 is 11.6 Å². The molecule has 0 radical (unpaired) electrons. The third-order valence-electron chi connectivity index (χ3n) is 3.41. The monoisotopic (exact) mass is 365 g/mol. The van der Waals surface area contributed by atoms with Gasteiger partial charge in [-0.3, -0.25) is 0 Å². The quantitative estimate of drug-likeness (QED) is 0.708. The van der Waals surface area contributed by atoms with Gasteiger partial charge in [-0.25, -0.2) is 18.2 Å². The number of nitrogens with one attached hydrogen (secondary N) is 1. The van der Waals surface area contributed by atoms with Gasteiger partial charge in [0, 0.05) is 18.2 Å². The Morgan fingerprint density at radius 3 is 2.40 bits per heavy atom. The van der Waals surface area contributed by atoms with Crippen LogP contribution in [0, 0.1) is 28.8 Å². The van der Waals surface area contributed by atoms with Gasteiger partial charge in [0.25, 0.3) is 0 Å². The number of benzene rings is 1. The predicted molar refractivity (Wildman–Crippen MR) is 86.8 cm³/mol. The van der Waals surface area contributed by atoms with Gasteiger partial charge in [0.2, 0.25) is 0 Å². The molecule has 0 aliphatic carbocycles. The summed E-state index contributed by atoms with van der Waals surface area (Å²) in [5.74, 6) is -3.15. The van der Waals surface area contributed by atoms with Crippen LogP contribution in [0.4, 0.5) is 19.0 Å². The molecule has 0 fully saturated rings. The zero-order chi connectivity index (χ0) is 18.3. The van der Waals surface area contributed by atoms with E-state index in [4.69, 9.17) is 16.9 Å². The van der Waals surface area contributed by atoms with E-state index in [0.717, 1.165) is 0 Å². The van der Waals surface area contributed by atoms with E-state index in [1.165, 1.54) is 10.7 Å². The van der Waals surface area contributed by atoms with Crippen LogP contribution in [0.5, 0.6) is 0 Å². The molecular formula is C16H11ClF3N5. The normalized spacial score (nSPS) is 11.1. The van der Waals surface area contributed by atoms with Gasteiger partial charge < -0.3 is 5.32 Å². The van der Waals surface area contributed by atoms with Crippen molar-refractivity contribution in [3.63, 3.8) is 0 Å². The Morgan fingerprint density at radius 1 is 1.20 bits per heavy atom. The van der Waals surface area contributed by atoms with E-state index < -0.39 is 23.0 Å².